The Morgan fingerprint density at radius 1 is 1.32 bits per heavy atom. The van der Waals surface area contributed by atoms with Gasteiger partial charge in [-0.3, -0.25) is 0 Å². The lowest BCUT2D eigenvalue weighted by atomic mass is 9.84. The molecular formula is C14H18O4S. The Labute approximate surface area is 113 Å². The van der Waals surface area contributed by atoms with Gasteiger partial charge in [0.2, 0.25) is 0 Å². The highest BCUT2D eigenvalue weighted by Gasteiger charge is 2.44. The largest absolute Gasteiger partial charge is 0.487 e. The second-order valence-electron chi connectivity index (χ2n) is 5.70. The summed E-state index contributed by atoms with van der Waals surface area (Å²) in [6, 6.07) is 5.76. The van der Waals surface area contributed by atoms with Gasteiger partial charge in [-0.15, -0.1) is 0 Å². The quantitative estimate of drug-likeness (QED) is 0.787. The van der Waals surface area contributed by atoms with Gasteiger partial charge in [0.25, 0.3) is 0 Å². The molecule has 1 aromatic rings. The fourth-order valence-corrected chi connectivity index (χ4v) is 4.54. The van der Waals surface area contributed by atoms with Crippen molar-refractivity contribution in [1.82, 2.24) is 0 Å². The summed E-state index contributed by atoms with van der Waals surface area (Å²) in [5, 5.41) is 10.3. The number of ether oxygens (including phenoxy) is 1. The molecule has 0 amide bonds. The Balaban J connectivity index is 1.91. The van der Waals surface area contributed by atoms with Crippen molar-refractivity contribution >= 4 is 9.84 Å². The summed E-state index contributed by atoms with van der Waals surface area (Å²) < 4.78 is 29.1. The molecule has 2 aliphatic heterocycles. The summed E-state index contributed by atoms with van der Waals surface area (Å²) in [6.07, 6.45) is 0.864. The number of fused-ring (bicyclic) bond motifs is 1. The summed E-state index contributed by atoms with van der Waals surface area (Å²) in [7, 11) is -2.92. The van der Waals surface area contributed by atoms with Gasteiger partial charge >= 0.3 is 0 Å². The standard InChI is InChI=1S/C14H18O4S/c1-10-2-3-13-11(8-10)12(15)9-14(18-13)4-6-19(16,17)7-5-14/h2-3,8,12,15H,4-7,9H2,1H3. The minimum atomic E-state index is -2.92. The van der Waals surface area contributed by atoms with Gasteiger partial charge in [0.1, 0.15) is 11.4 Å². The van der Waals surface area contributed by atoms with E-state index in [9.17, 15) is 13.5 Å². The van der Waals surface area contributed by atoms with Crippen molar-refractivity contribution in [3.63, 3.8) is 0 Å². The van der Waals surface area contributed by atoms with E-state index in [4.69, 9.17) is 4.74 Å². The van der Waals surface area contributed by atoms with Crippen LogP contribution in [0.5, 0.6) is 5.75 Å². The van der Waals surface area contributed by atoms with Crippen molar-refractivity contribution in [2.45, 2.75) is 37.9 Å². The maximum atomic E-state index is 11.5. The molecule has 1 saturated heterocycles. The Bertz CT molecular complexity index is 592. The number of benzene rings is 1. The highest BCUT2D eigenvalue weighted by atomic mass is 32.2. The number of sulfone groups is 1. The van der Waals surface area contributed by atoms with Gasteiger partial charge < -0.3 is 9.84 Å². The van der Waals surface area contributed by atoms with Gasteiger partial charge in [-0.1, -0.05) is 11.6 Å². The zero-order valence-corrected chi connectivity index (χ0v) is 11.7. The Kier molecular flexibility index (Phi) is 2.87. The van der Waals surface area contributed by atoms with Gasteiger partial charge in [-0.25, -0.2) is 8.42 Å². The van der Waals surface area contributed by atoms with Crippen LogP contribution in [0.1, 0.15) is 36.5 Å². The average Bonchev–Trinajstić information content (AvgIpc) is 2.35. The van der Waals surface area contributed by atoms with Crippen LogP contribution in [0.15, 0.2) is 18.2 Å². The molecule has 1 spiro atoms. The molecule has 0 aliphatic carbocycles. The van der Waals surface area contributed by atoms with Crippen LogP contribution < -0.4 is 4.74 Å². The average molecular weight is 282 g/mol. The number of rotatable bonds is 0. The van der Waals surface area contributed by atoms with E-state index >= 15 is 0 Å². The summed E-state index contributed by atoms with van der Waals surface area (Å²) in [5.74, 6) is 1.01. The number of hydrogen-bond donors (Lipinski definition) is 1. The SMILES string of the molecule is Cc1ccc2c(c1)C(O)CC1(CCS(=O)(=O)CC1)O2. The molecule has 1 aromatic carbocycles. The number of aryl methyl sites for hydroxylation is 1. The highest BCUT2D eigenvalue weighted by Crippen LogP contribution is 2.44. The van der Waals surface area contributed by atoms with Gasteiger partial charge in [0.15, 0.2) is 9.84 Å². The molecule has 1 fully saturated rings. The zero-order valence-electron chi connectivity index (χ0n) is 10.9. The Morgan fingerprint density at radius 3 is 2.68 bits per heavy atom. The highest BCUT2D eigenvalue weighted by molar-refractivity contribution is 7.91. The summed E-state index contributed by atoms with van der Waals surface area (Å²) in [6.45, 7) is 1.98. The van der Waals surface area contributed by atoms with Crippen LogP contribution >= 0.6 is 0 Å². The van der Waals surface area contributed by atoms with Crippen LogP contribution in [0.25, 0.3) is 0 Å². The van der Waals surface area contributed by atoms with Crippen LogP contribution in [-0.2, 0) is 9.84 Å². The molecule has 0 bridgehead atoms. The number of hydrogen-bond acceptors (Lipinski definition) is 4. The van der Waals surface area contributed by atoms with E-state index in [1.165, 1.54) is 0 Å². The van der Waals surface area contributed by atoms with Crippen molar-refractivity contribution in [1.29, 1.82) is 0 Å². The minimum Gasteiger partial charge on any atom is -0.487 e. The lowest BCUT2D eigenvalue weighted by Gasteiger charge is -2.43. The lowest BCUT2D eigenvalue weighted by molar-refractivity contribution is -0.0208. The maximum Gasteiger partial charge on any atom is 0.150 e. The first-order valence-electron chi connectivity index (χ1n) is 6.57. The van der Waals surface area contributed by atoms with E-state index in [2.05, 4.69) is 0 Å². The normalized spacial score (nSPS) is 27.6. The second kappa shape index (κ2) is 4.21. The van der Waals surface area contributed by atoms with Gasteiger partial charge in [0, 0.05) is 24.8 Å². The van der Waals surface area contributed by atoms with Crippen LogP contribution in [-0.4, -0.2) is 30.6 Å². The van der Waals surface area contributed by atoms with Crippen LogP contribution in [0, 0.1) is 6.92 Å². The van der Waals surface area contributed by atoms with E-state index in [0.717, 1.165) is 11.1 Å². The van der Waals surface area contributed by atoms with E-state index in [1.54, 1.807) is 0 Å². The second-order valence-corrected chi connectivity index (χ2v) is 8.00. The molecule has 5 heteroatoms. The van der Waals surface area contributed by atoms with Crippen molar-refractivity contribution < 1.29 is 18.3 Å². The third-order valence-electron chi connectivity index (χ3n) is 4.15. The predicted octanol–water partition coefficient (Wildman–Crippen LogP) is 1.76. The lowest BCUT2D eigenvalue weighted by Crippen LogP contribution is -2.47. The first-order chi connectivity index (χ1) is 8.89. The van der Waals surface area contributed by atoms with E-state index < -0.39 is 21.5 Å². The van der Waals surface area contributed by atoms with Crippen molar-refractivity contribution in [3.05, 3.63) is 29.3 Å². The molecule has 1 N–H and O–H groups in total. The third-order valence-corrected chi connectivity index (χ3v) is 5.81. The molecular weight excluding hydrogens is 264 g/mol. The predicted molar refractivity (Wildman–Crippen MR) is 72.0 cm³/mol. The molecule has 1 atom stereocenters. The third kappa shape index (κ3) is 2.37. The summed E-state index contributed by atoms with van der Waals surface area (Å²) >= 11 is 0. The monoisotopic (exact) mass is 282 g/mol. The molecule has 0 aromatic heterocycles. The molecule has 2 heterocycles. The fraction of sp³-hybridized carbons (Fsp3) is 0.571. The van der Waals surface area contributed by atoms with E-state index in [-0.39, 0.29) is 11.5 Å². The maximum absolute atomic E-state index is 11.5. The van der Waals surface area contributed by atoms with E-state index in [1.807, 2.05) is 25.1 Å². The zero-order chi connectivity index (χ0) is 13.7. The molecule has 3 rings (SSSR count). The van der Waals surface area contributed by atoms with Crippen molar-refractivity contribution in [2.24, 2.45) is 0 Å². The molecule has 0 saturated carbocycles. The Hall–Kier alpha value is -1.07. The van der Waals surface area contributed by atoms with Crippen molar-refractivity contribution in [2.75, 3.05) is 11.5 Å². The van der Waals surface area contributed by atoms with Crippen molar-refractivity contribution in [3.8, 4) is 5.75 Å². The van der Waals surface area contributed by atoms with Gasteiger partial charge in [-0.05, 0) is 19.1 Å². The molecule has 0 radical (unpaired) electrons. The topological polar surface area (TPSA) is 63.6 Å². The smallest absolute Gasteiger partial charge is 0.150 e. The molecule has 4 nitrogen and oxygen atoms in total. The first kappa shape index (κ1) is 12.9. The molecule has 19 heavy (non-hydrogen) atoms. The van der Waals surface area contributed by atoms with E-state index in [0.29, 0.717) is 25.0 Å². The summed E-state index contributed by atoms with van der Waals surface area (Å²) in [4.78, 5) is 0. The van der Waals surface area contributed by atoms with Crippen LogP contribution in [0.4, 0.5) is 0 Å². The first-order valence-corrected chi connectivity index (χ1v) is 8.39. The molecule has 104 valence electrons. The summed E-state index contributed by atoms with van der Waals surface area (Å²) in [5.41, 5.74) is 1.40. The van der Waals surface area contributed by atoms with Crippen LogP contribution in [0.2, 0.25) is 0 Å². The molecule has 1 unspecified atom stereocenters. The molecule has 2 aliphatic rings. The fourth-order valence-electron chi connectivity index (χ4n) is 2.97. The van der Waals surface area contributed by atoms with Gasteiger partial charge in [-0.2, -0.15) is 0 Å². The minimum absolute atomic E-state index is 0.154. The van der Waals surface area contributed by atoms with Crippen LogP contribution in [0.3, 0.4) is 0 Å². The number of aliphatic hydroxyl groups excluding tert-OH is 1. The van der Waals surface area contributed by atoms with Gasteiger partial charge in [0.05, 0.1) is 17.6 Å². The number of aliphatic hydroxyl groups is 1. The Morgan fingerprint density at radius 2 is 2.00 bits per heavy atom.